The van der Waals surface area contributed by atoms with Crippen LogP contribution in [0.5, 0.6) is 11.5 Å². The Morgan fingerprint density at radius 3 is 2.32 bits per heavy atom. The van der Waals surface area contributed by atoms with Crippen LogP contribution < -0.4 is 20.3 Å². The molecule has 1 atom stereocenters. The average Bonchev–Trinajstić information content (AvgIpc) is 2.61. The number of hydrogen-bond acceptors (Lipinski definition) is 4. The van der Waals surface area contributed by atoms with Crippen molar-refractivity contribution in [1.29, 1.82) is 0 Å². The van der Waals surface area contributed by atoms with Crippen LogP contribution in [-0.4, -0.2) is 24.5 Å². The molecule has 2 aromatic rings. The van der Waals surface area contributed by atoms with Gasteiger partial charge in [-0.3, -0.25) is 20.4 Å². The van der Waals surface area contributed by atoms with Crippen LogP contribution >= 0.6 is 22.6 Å². The summed E-state index contributed by atoms with van der Waals surface area (Å²) < 4.78 is 11.7. The molecular formula is C18H19IN2O4. The van der Waals surface area contributed by atoms with Crippen LogP contribution in [0.4, 0.5) is 0 Å². The molecule has 0 aliphatic rings. The fraction of sp³-hybridized carbons (Fsp3) is 0.222. The normalized spacial score (nSPS) is 11.3. The third-order valence-electron chi connectivity index (χ3n) is 3.23. The van der Waals surface area contributed by atoms with E-state index >= 15 is 0 Å². The van der Waals surface area contributed by atoms with Gasteiger partial charge in [0.1, 0.15) is 11.5 Å². The van der Waals surface area contributed by atoms with Gasteiger partial charge in [0.05, 0.1) is 12.2 Å². The smallest absolute Gasteiger partial charge is 0.279 e. The van der Waals surface area contributed by atoms with Crippen LogP contribution in [0.15, 0.2) is 48.5 Å². The van der Waals surface area contributed by atoms with Crippen molar-refractivity contribution in [3.8, 4) is 11.5 Å². The Labute approximate surface area is 160 Å². The molecule has 2 aromatic carbocycles. The Morgan fingerprint density at radius 1 is 1.04 bits per heavy atom. The minimum Gasteiger partial charge on any atom is -0.494 e. The van der Waals surface area contributed by atoms with Gasteiger partial charge in [-0.1, -0.05) is 12.1 Å². The number of hydrogen-bond donors (Lipinski definition) is 2. The van der Waals surface area contributed by atoms with Crippen LogP contribution in [-0.2, 0) is 4.79 Å². The van der Waals surface area contributed by atoms with E-state index in [1.54, 1.807) is 43.3 Å². The first kappa shape index (κ1) is 19.0. The Morgan fingerprint density at radius 2 is 1.68 bits per heavy atom. The number of halogens is 1. The first-order chi connectivity index (χ1) is 12.0. The predicted molar refractivity (Wildman–Crippen MR) is 102 cm³/mol. The van der Waals surface area contributed by atoms with Gasteiger partial charge in [-0.05, 0) is 72.8 Å². The van der Waals surface area contributed by atoms with Gasteiger partial charge in [0.15, 0.2) is 6.10 Å². The van der Waals surface area contributed by atoms with Crippen molar-refractivity contribution >= 4 is 34.4 Å². The summed E-state index contributed by atoms with van der Waals surface area (Å²) in [6.07, 6.45) is -0.770. The number of rotatable bonds is 6. The van der Waals surface area contributed by atoms with Gasteiger partial charge in [-0.2, -0.15) is 0 Å². The second kappa shape index (κ2) is 9.26. The molecule has 0 aliphatic heterocycles. The molecule has 0 bridgehead atoms. The van der Waals surface area contributed by atoms with E-state index in [0.717, 1.165) is 9.32 Å². The zero-order chi connectivity index (χ0) is 18.2. The van der Waals surface area contributed by atoms with E-state index in [0.29, 0.717) is 17.9 Å². The zero-order valence-electron chi connectivity index (χ0n) is 13.9. The standard InChI is InChI=1S/C18H19IN2O4/c1-3-24-13-8-10-14(11-9-13)25-12(2)17(22)20-21-18(23)15-6-4-5-7-16(15)19/h4-12H,3H2,1-2H3,(H,20,22)(H,21,23). The van der Waals surface area contributed by atoms with Crippen LogP contribution in [0.3, 0.4) is 0 Å². The molecule has 0 aliphatic carbocycles. The van der Waals surface area contributed by atoms with E-state index in [4.69, 9.17) is 9.47 Å². The molecule has 132 valence electrons. The molecule has 0 radical (unpaired) electrons. The predicted octanol–water partition coefficient (Wildman–Crippen LogP) is 2.92. The van der Waals surface area contributed by atoms with Crippen LogP contribution in [0, 0.1) is 3.57 Å². The summed E-state index contributed by atoms with van der Waals surface area (Å²) in [5.74, 6) is 0.437. The molecule has 2 amide bonds. The number of ether oxygens (including phenoxy) is 2. The van der Waals surface area contributed by atoms with E-state index in [1.165, 1.54) is 0 Å². The third kappa shape index (κ3) is 5.63. The van der Waals surface area contributed by atoms with E-state index in [1.807, 2.05) is 19.1 Å². The fourth-order valence-electron chi connectivity index (χ4n) is 1.97. The highest BCUT2D eigenvalue weighted by atomic mass is 127. The molecule has 0 fully saturated rings. The molecule has 0 heterocycles. The van der Waals surface area contributed by atoms with Crippen molar-refractivity contribution in [2.24, 2.45) is 0 Å². The molecule has 0 aromatic heterocycles. The molecule has 2 rings (SSSR count). The first-order valence-corrected chi connectivity index (χ1v) is 8.83. The molecule has 25 heavy (non-hydrogen) atoms. The van der Waals surface area contributed by atoms with Crippen molar-refractivity contribution in [1.82, 2.24) is 10.9 Å². The summed E-state index contributed by atoms with van der Waals surface area (Å²) in [5, 5.41) is 0. The van der Waals surface area contributed by atoms with Crippen molar-refractivity contribution in [3.05, 3.63) is 57.7 Å². The number of carbonyl (C=O) groups excluding carboxylic acids is 2. The lowest BCUT2D eigenvalue weighted by Crippen LogP contribution is -2.47. The number of carbonyl (C=O) groups is 2. The lowest BCUT2D eigenvalue weighted by molar-refractivity contribution is -0.128. The lowest BCUT2D eigenvalue weighted by atomic mass is 10.2. The third-order valence-corrected chi connectivity index (χ3v) is 4.18. The number of amides is 2. The highest BCUT2D eigenvalue weighted by molar-refractivity contribution is 14.1. The lowest BCUT2D eigenvalue weighted by Gasteiger charge is -2.15. The summed E-state index contributed by atoms with van der Waals surface area (Å²) in [6, 6.07) is 14.1. The summed E-state index contributed by atoms with van der Waals surface area (Å²) in [5.41, 5.74) is 5.25. The van der Waals surface area contributed by atoms with E-state index in [2.05, 4.69) is 33.4 Å². The summed E-state index contributed by atoms with van der Waals surface area (Å²) in [4.78, 5) is 24.1. The van der Waals surface area contributed by atoms with Crippen molar-refractivity contribution in [2.45, 2.75) is 20.0 Å². The summed E-state index contributed by atoms with van der Waals surface area (Å²) in [7, 11) is 0. The molecule has 2 N–H and O–H groups in total. The maximum absolute atomic E-state index is 12.1. The SMILES string of the molecule is CCOc1ccc(OC(C)C(=O)NNC(=O)c2ccccc2I)cc1. The van der Waals surface area contributed by atoms with Gasteiger partial charge in [0, 0.05) is 3.57 Å². The van der Waals surface area contributed by atoms with Gasteiger partial charge in [0.25, 0.3) is 11.8 Å². The first-order valence-electron chi connectivity index (χ1n) is 7.75. The minimum atomic E-state index is -0.770. The van der Waals surface area contributed by atoms with Crippen LogP contribution in [0.25, 0.3) is 0 Å². The Bertz CT molecular complexity index is 734. The molecule has 6 nitrogen and oxygen atoms in total. The highest BCUT2D eigenvalue weighted by Crippen LogP contribution is 2.18. The molecule has 7 heteroatoms. The monoisotopic (exact) mass is 454 g/mol. The second-order valence-corrected chi connectivity index (χ2v) is 6.25. The quantitative estimate of drug-likeness (QED) is 0.520. The molecule has 0 saturated carbocycles. The molecule has 1 unspecified atom stereocenters. The van der Waals surface area contributed by atoms with Gasteiger partial charge in [-0.25, -0.2) is 0 Å². The molecular weight excluding hydrogens is 435 g/mol. The van der Waals surface area contributed by atoms with Gasteiger partial charge in [-0.15, -0.1) is 0 Å². The van der Waals surface area contributed by atoms with Crippen LogP contribution in [0.2, 0.25) is 0 Å². The topological polar surface area (TPSA) is 76.7 Å². The number of benzene rings is 2. The molecule has 0 saturated heterocycles. The van der Waals surface area contributed by atoms with E-state index < -0.39 is 12.0 Å². The maximum Gasteiger partial charge on any atom is 0.279 e. The van der Waals surface area contributed by atoms with Crippen LogP contribution in [0.1, 0.15) is 24.2 Å². The largest absolute Gasteiger partial charge is 0.494 e. The number of hydrazine groups is 1. The average molecular weight is 454 g/mol. The van der Waals surface area contributed by atoms with E-state index in [9.17, 15) is 9.59 Å². The Hall–Kier alpha value is -2.29. The number of nitrogens with one attached hydrogen (secondary N) is 2. The Balaban J connectivity index is 1.85. The summed E-state index contributed by atoms with van der Waals surface area (Å²) in [6.45, 7) is 4.09. The van der Waals surface area contributed by atoms with Crippen molar-refractivity contribution < 1.29 is 19.1 Å². The van der Waals surface area contributed by atoms with Gasteiger partial charge in [0.2, 0.25) is 0 Å². The maximum atomic E-state index is 12.1. The van der Waals surface area contributed by atoms with Gasteiger partial charge < -0.3 is 9.47 Å². The van der Waals surface area contributed by atoms with Crippen molar-refractivity contribution in [3.63, 3.8) is 0 Å². The second-order valence-electron chi connectivity index (χ2n) is 5.09. The molecule has 0 spiro atoms. The highest BCUT2D eigenvalue weighted by Gasteiger charge is 2.16. The Kier molecular flexibility index (Phi) is 7.05. The van der Waals surface area contributed by atoms with Crippen molar-refractivity contribution in [2.75, 3.05) is 6.61 Å². The van der Waals surface area contributed by atoms with E-state index in [-0.39, 0.29) is 5.91 Å². The fourth-order valence-corrected chi connectivity index (χ4v) is 2.60. The summed E-state index contributed by atoms with van der Waals surface area (Å²) >= 11 is 2.06. The minimum absolute atomic E-state index is 0.383. The zero-order valence-corrected chi connectivity index (χ0v) is 16.1. The van der Waals surface area contributed by atoms with Gasteiger partial charge >= 0.3 is 0 Å².